The molecule has 5 aliphatic rings. The Morgan fingerprint density at radius 2 is 2.04 bits per heavy atom. The van der Waals surface area contributed by atoms with Gasteiger partial charge in [0.25, 0.3) is 0 Å². The van der Waals surface area contributed by atoms with Gasteiger partial charge >= 0.3 is 0 Å². The third-order valence-corrected chi connectivity index (χ3v) is 9.45. The predicted molar refractivity (Wildman–Crippen MR) is 115 cm³/mol. The van der Waals surface area contributed by atoms with Gasteiger partial charge in [-0.2, -0.15) is 0 Å². The summed E-state index contributed by atoms with van der Waals surface area (Å²) < 4.78 is 0. The van der Waals surface area contributed by atoms with E-state index in [0.29, 0.717) is 17.4 Å². The molecule has 0 aromatic carbocycles. The molecule has 4 aliphatic carbocycles. The molecule has 1 aliphatic heterocycles. The fourth-order valence-electron chi connectivity index (χ4n) is 7.79. The number of allylic oxidation sites excluding steroid dienone is 3. The molecule has 0 saturated heterocycles. The lowest BCUT2D eigenvalue weighted by atomic mass is 9.46. The van der Waals surface area contributed by atoms with Gasteiger partial charge in [0.05, 0.1) is 6.10 Å². The van der Waals surface area contributed by atoms with Crippen LogP contribution in [0.3, 0.4) is 0 Å². The molecule has 28 heavy (non-hydrogen) atoms. The first kappa shape index (κ1) is 18.7. The van der Waals surface area contributed by atoms with Crippen LogP contribution in [0, 0.1) is 28.6 Å². The summed E-state index contributed by atoms with van der Waals surface area (Å²) in [5.74, 6) is 2.10. The molecule has 152 valence electrons. The molecule has 2 fully saturated rings. The smallest absolute Gasteiger partial charge is 0.110 e. The van der Waals surface area contributed by atoms with Crippen LogP contribution in [0.15, 0.2) is 40.6 Å². The van der Waals surface area contributed by atoms with Gasteiger partial charge in [-0.1, -0.05) is 31.6 Å². The second kappa shape index (κ2) is 6.58. The molecular formula is C25H36N2O. The normalized spacial score (nSPS) is 45.6. The van der Waals surface area contributed by atoms with Crippen LogP contribution >= 0.6 is 0 Å². The topological polar surface area (TPSA) is 35.8 Å². The minimum atomic E-state index is -0.145. The molecule has 5 rings (SSSR count). The van der Waals surface area contributed by atoms with Gasteiger partial charge < -0.3 is 10.0 Å². The van der Waals surface area contributed by atoms with Crippen LogP contribution in [-0.2, 0) is 0 Å². The van der Waals surface area contributed by atoms with Gasteiger partial charge in [0.15, 0.2) is 0 Å². The highest BCUT2D eigenvalue weighted by Gasteiger charge is 2.58. The maximum atomic E-state index is 11.0. The molecule has 0 amide bonds. The van der Waals surface area contributed by atoms with Crippen molar-refractivity contribution in [1.29, 1.82) is 0 Å². The molecule has 7 atom stereocenters. The summed E-state index contributed by atoms with van der Waals surface area (Å²) in [6.07, 6.45) is 19.5. The Hall–Kier alpha value is -1.35. The van der Waals surface area contributed by atoms with E-state index in [9.17, 15) is 5.11 Å². The van der Waals surface area contributed by atoms with Gasteiger partial charge in [0, 0.05) is 23.9 Å². The Bertz CT molecular complexity index is 765. The summed E-state index contributed by atoms with van der Waals surface area (Å²) >= 11 is 0. The van der Waals surface area contributed by atoms with Crippen LogP contribution in [-0.4, -0.2) is 35.0 Å². The number of aliphatic hydroxyl groups is 1. The zero-order chi connectivity index (χ0) is 19.5. The van der Waals surface area contributed by atoms with Crippen molar-refractivity contribution in [2.45, 2.75) is 77.9 Å². The Kier molecular flexibility index (Phi) is 4.39. The van der Waals surface area contributed by atoms with Crippen molar-refractivity contribution in [3.63, 3.8) is 0 Å². The van der Waals surface area contributed by atoms with Crippen LogP contribution in [0.5, 0.6) is 0 Å². The predicted octanol–water partition coefficient (Wildman–Crippen LogP) is 5.09. The van der Waals surface area contributed by atoms with Crippen LogP contribution in [0.1, 0.15) is 65.7 Å². The number of hydrogen-bond acceptors (Lipinski definition) is 3. The molecule has 3 heteroatoms. The number of hydrogen-bond donors (Lipinski definition) is 1. The molecule has 0 spiro atoms. The van der Waals surface area contributed by atoms with Crippen molar-refractivity contribution in [2.75, 3.05) is 6.67 Å². The molecule has 0 aromatic heterocycles. The second-order valence-corrected chi connectivity index (χ2v) is 10.4. The lowest BCUT2D eigenvalue weighted by Crippen LogP contribution is -2.54. The van der Waals surface area contributed by atoms with Crippen molar-refractivity contribution >= 4 is 6.21 Å². The number of aliphatic imine (C=N–C) groups is 1. The van der Waals surface area contributed by atoms with Crippen LogP contribution in [0.25, 0.3) is 0 Å². The highest BCUT2D eigenvalue weighted by atomic mass is 16.3. The minimum absolute atomic E-state index is 0.0290. The van der Waals surface area contributed by atoms with E-state index in [0.717, 1.165) is 31.3 Å². The fourth-order valence-corrected chi connectivity index (χ4v) is 7.79. The van der Waals surface area contributed by atoms with Crippen molar-refractivity contribution in [3.05, 3.63) is 35.6 Å². The minimum Gasteiger partial charge on any atom is -0.392 e. The van der Waals surface area contributed by atoms with E-state index in [-0.39, 0.29) is 11.5 Å². The highest BCUT2D eigenvalue weighted by molar-refractivity contribution is 5.71. The molecule has 2 saturated carbocycles. The van der Waals surface area contributed by atoms with Crippen molar-refractivity contribution < 1.29 is 5.11 Å². The molecule has 1 N–H and O–H groups in total. The van der Waals surface area contributed by atoms with Crippen LogP contribution in [0.4, 0.5) is 0 Å². The molecule has 0 aromatic rings. The molecule has 3 nitrogen and oxygen atoms in total. The molecule has 0 bridgehead atoms. The lowest BCUT2D eigenvalue weighted by Gasteiger charge is -2.59. The Labute approximate surface area is 170 Å². The number of aliphatic hydroxyl groups excluding tert-OH is 1. The standard InChI is InChI=1S/C25H36N2O/c1-17(27-15-5-14-26-16-27)20-10-11-21-19-9-8-18-6-4-7-23(28)25(18,3)22(19)12-13-24(20,21)2/h5,8,10,14-15,17,19,21-23,28H,4,6-7,9,11-13,16H2,1-3H3/t17?,19-,21-,22-,23?,24+,25-/m0/s1. The molecule has 2 unspecified atom stereocenters. The van der Waals surface area contributed by atoms with Gasteiger partial charge in [-0.05, 0) is 86.7 Å². The van der Waals surface area contributed by atoms with Crippen LogP contribution < -0.4 is 0 Å². The number of rotatable bonds is 2. The van der Waals surface area contributed by atoms with Gasteiger partial charge in [-0.25, -0.2) is 0 Å². The van der Waals surface area contributed by atoms with Crippen molar-refractivity contribution in [3.8, 4) is 0 Å². The SMILES string of the molecule is CC(C1=CC[C@H]2[C@@H]3CC=C4CCCC(O)[C@]4(C)[C@H]3CC[C@]12C)N1C=CC=NC1. The summed E-state index contributed by atoms with van der Waals surface area (Å²) in [6, 6.07) is 0.422. The van der Waals surface area contributed by atoms with E-state index in [1.54, 1.807) is 11.1 Å². The quantitative estimate of drug-likeness (QED) is 0.677. The van der Waals surface area contributed by atoms with E-state index in [1.165, 1.54) is 32.1 Å². The second-order valence-electron chi connectivity index (χ2n) is 10.4. The van der Waals surface area contributed by atoms with Gasteiger partial charge in [0.2, 0.25) is 0 Å². The van der Waals surface area contributed by atoms with Crippen molar-refractivity contribution in [2.24, 2.45) is 33.6 Å². The molecule has 0 radical (unpaired) electrons. The van der Waals surface area contributed by atoms with Gasteiger partial charge in [0.1, 0.15) is 6.67 Å². The highest BCUT2D eigenvalue weighted by Crippen LogP contribution is 2.65. The zero-order valence-corrected chi connectivity index (χ0v) is 17.8. The Balaban J connectivity index is 1.43. The van der Waals surface area contributed by atoms with E-state index < -0.39 is 0 Å². The lowest BCUT2D eigenvalue weighted by molar-refractivity contribution is -0.0789. The monoisotopic (exact) mass is 380 g/mol. The summed E-state index contributed by atoms with van der Waals surface area (Å²) in [7, 11) is 0. The maximum absolute atomic E-state index is 11.0. The summed E-state index contributed by atoms with van der Waals surface area (Å²) in [4.78, 5) is 6.84. The first-order valence-corrected chi connectivity index (χ1v) is 11.5. The van der Waals surface area contributed by atoms with Crippen LogP contribution in [0.2, 0.25) is 0 Å². The Morgan fingerprint density at radius 1 is 1.18 bits per heavy atom. The van der Waals surface area contributed by atoms with Gasteiger partial charge in [-0.3, -0.25) is 4.99 Å². The third-order valence-electron chi connectivity index (χ3n) is 9.45. The average Bonchev–Trinajstić information content (AvgIpc) is 3.06. The Morgan fingerprint density at radius 3 is 2.82 bits per heavy atom. The zero-order valence-electron chi connectivity index (χ0n) is 17.8. The first-order valence-electron chi connectivity index (χ1n) is 11.5. The number of nitrogens with zero attached hydrogens (tertiary/aromatic N) is 2. The summed E-state index contributed by atoms with van der Waals surface area (Å²) in [5.41, 5.74) is 3.55. The van der Waals surface area contributed by atoms with E-state index in [2.05, 4.69) is 55.1 Å². The molecule has 1 heterocycles. The third kappa shape index (κ3) is 2.47. The maximum Gasteiger partial charge on any atom is 0.110 e. The van der Waals surface area contributed by atoms with E-state index in [1.807, 2.05) is 6.21 Å². The fraction of sp³-hybridized carbons (Fsp3) is 0.720. The number of fused-ring (bicyclic) bond motifs is 5. The van der Waals surface area contributed by atoms with E-state index in [4.69, 9.17) is 0 Å². The molecular weight excluding hydrogens is 344 g/mol. The van der Waals surface area contributed by atoms with Crippen molar-refractivity contribution in [1.82, 2.24) is 4.90 Å². The average molecular weight is 381 g/mol. The van der Waals surface area contributed by atoms with E-state index >= 15 is 0 Å². The first-order chi connectivity index (χ1) is 13.5. The van der Waals surface area contributed by atoms with Gasteiger partial charge in [-0.15, -0.1) is 0 Å². The summed E-state index contributed by atoms with van der Waals surface area (Å²) in [5, 5.41) is 11.0. The largest absolute Gasteiger partial charge is 0.392 e. The summed E-state index contributed by atoms with van der Waals surface area (Å²) in [6.45, 7) is 8.07.